The fourth-order valence-corrected chi connectivity index (χ4v) is 8.46. The SMILES string of the molecule is O=C(OCCCCCCCCCCCCCCCOC(=O)c1ccc2ccc3cccc4ccc1c2c34)c1ccc2ccc3cccc4ccc1c2c34. The van der Waals surface area contributed by atoms with Gasteiger partial charge in [-0.2, -0.15) is 0 Å². The van der Waals surface area contributed by atoms with Crippen molar-refractivity contribution in [3.63, 3.8) is 0 Å². The fraction of sp³-hybridized carbons (Fsp3) is 0.306. The highest BCUT2D eigenvalue weighted by Gasteiger charge is 2.17. The third-order valence-corrected chi connectivity index (χ3v) is 11.3. The van der Waals surface area contributed by atoms with Gasteiger partial charge in [0, 0.05) is 0 Å². The van der Waals surface area contributed by atoms with Crippen LogP contribution in [0.3, 0.4) is 0 Å². The van der Waals surface area contributed by atoms with E-state index >= 15 is 0 Å². The summed E-state index contributed by atoms with van der Waals surface area (Å²) >= 11 is 0. The quantitative estimate of drug-likeness (QED) is 0.0508. The molecule has 0 N–H and O–H groups in total. The molecule has 8 aromatic rings. The molecule has 0 aliphatic rings. The first-order chi connectivity index (χ1) is 26.2. The number of hydrogen-bond donors (Lipinski definition) is 0. The molecule has 4 nitrogen and oxygen atoms in total. The Kier molecular flexibility index (Phi) is 10.7. The van der Waals surface area contributed by atoms with Crippen LogP contribution in [0.5, 0.6) is 0 Å². The first-order valence-corrected chi connectivity index (χ1v) is 19.8. The number of carbonyl (C=O) groups is 2. The van der Waals surface area contributed by atoms with Crippen LogP contribution in [0.1, 0.15) is 104 Å². The van der Waals surface area contributed by atoms with Crippen LogP contribution in [-0.4, -0.2) is 25.2 Å². The molecule has 0 aromatic heterocycles. The minimum Gasteiger partial charge on any atom is -0.462 e. The highest BCUT2D eigenvalue weighted by atomic mass is 16.5. The predicted octanol–water partition coefficient (Wildman–Crippen LogP) is 13.6. The van der Waals surface area contributed by atoms with Crippen molar-refractivity contribution < 1.29 is 19.1 Å². The zero-order valence-corrected chi connectivity index (χ0v) is 30.6. The van der Waals surface area contributed by atoms with Crippen molar-refractivity contribution in [2.75, 3.05) is 13.2 Å². The standard InChI is InChI=1S/C49H48O4/c50-48(42-30-26-38-22-20-34-16-14-18-36-24-28-40(42)46(38)44(34)36)52-32-12-10-8-6-4-2-1-3-5-7-9-11-13-33-53-49(51)43-31-27-39-23-21-35-17-15-19-37-25-29-41(43)47(39)45(35)37/h14-31H,1-13,32-33H2. The lowest BCUT2D eigenvalue weighted by molar-refractivity contribution is 0.0490. The van der Waals surface area contributed by atoms with E-state index in [1.165, 1.54) is 90.1 Å². The molecule has 0 spiro atoms. The van der Waals surface area contributed by atoms with Crippen LogP contribution in [-0.2, 0) is 9.47 Å². The van der Waals surface area contributed by atoms with E-state index in [9.17, 15) is 9.59 Å². The molecule has 0 saturated carbocycles. The molecular weight excluding hydrogens is 653 g/mol. The molecular formula is C49H48O4. The van der Waals surface area contributed by atoms with Gasteiger partial charge in [0.2, 0.25) is 0 Å². The molecule has 8 aromatic carbocycles. The number of unbranched alkanes of at least 4 members (excludes halogenated alkanes) is 12. The summed E-state index contributed by atoms with van der Waals surface area (Å²) < 4.78 is 11.5. The van der Waals surface area contributed by atoms with Crippen molar-refractivity contribution in [3.8, 4) is 0 Å². The Morgan fingerprint density at radius 1 is 0.321 bits per heavy atom. The zero-order valence-electron chi connectivity index (χ0n) is 30.6. The average Bonchev–Trinajstić information content (AvgIpc) is 3.19. The van der Waals surface area contributed by atoms with Crippen LogP contribution in [0.25, 0.3) is 64.6 Å². The van der Waals surface area contributed by atoms with Gasteiger partial charge in [0.15, 0.2) is 0 Å². The van der Waals surface area contributed by atoms with Gasteiger partial charge >= 0.3 is 11.9 Å². The molecule has 0 bridgehead atoms. The summed E-state index contributed by atoms with van der Waals surface area (Å²) in [6.07, 6.45) is 15.3. The topological polar surface area (TPSA) is 52.6 Å². The van der Waals surface area contributed by atoms with Gasteiger partial charge in [0.1, 0.15) is 0 Å². The molecule has 0 unspecified atom stereocenters. The van der Waals surface area contributed by atoms with Crippen molar-refractivity contribution >= 4 is 76.6 Å². The highest BCUT2D eigenvalue weighted by molar-refractivity contribution is 6.27. The smallest absolute Gasteiger partial charge is 0.338 e. The predicted molar refractivity (Wildman–Crippen MR) is 221 cm³/mol. The summed E-state index contributed by atoms with van der Waals surface area (Å²) in [7, 11) is 0. The van der Waals surface area contributed by atoms with Crippen LogP contribution in [0.4, 0.5) is 0 Å². The first kappa shape index (κ1) is 34.8. The zero-order chi connectivity index (χ0) is 36.0. The van der Waals surface area contributed by atoms with Gasteiger partial charge in [0.25, 0.3) is 0 Å². The third kappa shape index (κ3) is 7.38. The van der Waals surface area contributed by atoms with Crippen LogP contribution < -0.4 is 0 Å². The highest BCUT2D eigenvalue weighted by Crippen LogP contribution is 2.37. The molecule has 0 saturated heterocycles. The van der Waals surface area contributed by atoms with E-state index in [0.29, 0.717) is 24.3 Å². The number of esters is 2. The Balaban J connectivity index is 0.655. The normalized spacial score (nSPS) is 11.9. The molecule has 4 heteroatoms. The molecule has 0 aliphatic carbocycles. The van der Waals surface area contributed by atoms with E-state index in [1.807, 2.05) is 24.3 Å². The van der Waals surface area contributed by atoms with Gasteiger partial charge in [0.05, 0.1) is 24.3 Å². The van der Waals surface area contributed by atoms with E-state index in [1.54, 1.807) is 0 Å². The van der Waals surface area contributed by atoms with Crippen LogP contribution >= 0.6 is 0 Å². The van der Waals surface area contributed by atoms with Gasteiger partial charge in [-0.3, -0.25) is 0 Å². The Bertz CT molecular complexity index is 2290. The van der Waals surface area contributed by atoms with Gasteiger partial charge in [-0.1, -0.05) is 168 Å². The number of benzene rings is 8. The minimum absolute atomic E-state index is 0.220. The summed E-state index contributed by atoms with van der Waals surface area (Å²) in [5.74, 6) is -0.440. The second kappa shape index (κ2) is 16.2. The van der Waals surface area contributed by atoms with Crippen LogP contribution in [0.2, 0.25) is 0 Å². The monoisotopic (exact) mass is 700 g/mol. The third-order valence-electron chi connectivity index (χ3n) is 11.3. The van der Waals surface area contributed by atoms with Crippen LogP contribution in [0.15, 0.2) is 109 Å². The number of hydrogen-bond acceptors (Lipinski definition) is 4. The van der Waals surface area contributed by atoms with Gasteiger partial charge in [-0.05, 0) is 89.6 Å². The van der Waals surface area contributed by atoms with Crippen molar-refractivity contribution in [1.82, 2.24) is 0 Å². The molecule has 0 amide bonds. The van der Waals surface area contributed by atoms with Crippen molar-refractivity contribution in [2.45, 2.75) is 83.5 Å². The van der Waals surface area contributed by atoms with Gasteiger partial charge < -0.3 is 9.47 Å². The summed E-state index contributed by atoms with van der Waals surface area (Å²) in [5.41, 5.74) is 1.32. The second-order valence-corrected chi connectivity index (χ2v) is 14.8. The second-order valence-electron chi connectivity index (χ2n) is 14.8. The van der Waals surface area contributed by atoms with Gasteiger partial charge in [-0.15, -0.1) is 0 Å². The summed E-state index contributed by atoms with van der Waals surface area (Å²) in [5, 5.41) is 13.8. The molecule has 268 valence electrons. The molecule has 0 radical (unpaired) electrons. The maximum Gasteiger partial charge on any atom is 0.338 e. The molecule has 8 rings (SSSR count). The lowest BCUT2D eigenvalue weighted by atomic mass is 9.92. The minimum atomic E-state index is -0.220. The summed E-state index contributed by atoms with van der Waals surface area (Å²) in [6, 6.07) is 37.6. The maximum atomic E-state index is 13.1. The molecule has 0 atom stereocenters. The molecule has 53 heavy (non-hydrogen) atoms. The van der Waals surface area contributed by atoms with E-state index in [2.05, 4.69) is 84.9 Å². The Morgan fingerprint density at radius 2 is 0.604 bits per heavy atom. The van der Waals surface area contributed by atoms with E-state index in [-0.39, 0.29) is 11.9 Å². The van der Waals surface area contributed by atoms with Crippen molar-refractivity contribution in [3.05, 3.63) is 120 Å². The lowest BCUT2D eigenvalue weighted by Gasteiger charge is -2.13. The number of ether oxygens (including phenoxy) is 2. The number of rotatable bonds is 18. The molecule has 0 fully saturated rings. The van der Waals surface area contributed by atoms with Crippen molar-refractivity contribution in [2.24, 2.45) is 0 Å². The van der Waals surface area contributed by atoms with E-state index in [0.717, 1.165) is 58.0 Å². The average molecular weight is 701 g/mol. The maximum absolute atomic E-state index is 13.1. The Morgan fingerprint density at radius 3 is 0.962 bits per heavy atom. The first-order valence-electron chi connectivity index (χ1n) is 19.8. The Hall–Kier alpha value is -5.22. The van der Waals surface area contributed by atoms with E-state index in [4.69, 9.17) is 9.47 Å². The van der Waals surface area contributed by atoms with Gasteiger partial charge in [-0.25, -0.2) is 9.59 Å². The molecule has 0 aliphatic heterocycles. The lowest BCUT2D eigenvalue weighted by Crippen LogP contribution is -2.07. The largest absolute Gasteiger partial charge is 0.462 e. The summed E-state index contributed by atoms with van der Waals surface area (Å²) in [6.45, 7) is 0.953. The summed E-state index contributed by atoms with van der Waals surface area (Å²) in [4.78, 5) is 26.1. The van der Waals surface area contributed by atoms with E-state index < -0.39 is 0 Å². The molecule has 0 heterocycles. The van der Waals surface area contributed by atoms with Crippen molar-refractivity contribution in [1.29, 1.82) is 0 Å². The fourth-order valence-electron chi connectivity index (χ4n) is 8.46. The van der Waals surface area contributed by atoms with Crippen LogP contribution in [0, 0.1) is 0 Å². The Labute approximate surface area is 311 Å². The number of carbonyl (C=O) groups excluding carboxylic acids is 2.